The average Bonchev–Trinajstić information content (AvgIpc) is 2.59. The van der Waals surface area contributed by atoms with Crippen molar-refractivity contribution in [2.24, 2.45) is 0 Å². The summed E-state index contributed by atoms with van der Waals surface area (Å²) in [5.74, 6) is 0. The Kier molecular flexibility index (Phi) is 6.87. The molecule has 0 saturated carbocycles. The summed E-state index contributed by atoms with van der Waals surface area (Å²) in [4.78, 5) is 0. The van der Waals surface area contributed by atoms with Gasteiger partial charge in [0, 0.05) is 7.11 Å². The van der Waals surface area contributed by atoms with Crippen molar-refractivity contribution in [3.05, 3.63) is 0 Å². The van der Waals surface area contributed by atoms with E-state index in [4.69, 9.17) is 24.1 Å². The second-order valence-corrected chi connectivity index (χ2v) is 5.74. The van der Waals surface area contributed by atoms with Crippen molar-refractivity contribution in [1.82, 2.24) is 0 Å². The van der Waals surface area contributed by atoms with Crippen LogP contribution in [0.2, 0.25) is 0 Å². The molecule has 0 aromatic rings. The Morgan fingerprint density at radius 3 is 1.79 bits per heavy atom. The highest BCUT2D eigenvalue weighted by atomic mass is 16.7. The number of hydrogen-bond acceptors (Lipinski definition) is 11. The maximum atomic E-state index is 10.2. The molecule has 0 bridgehead atoms. The van der Waals surface area contributed by atoms with E-state index in [2.05, 4.69) is 0 Å². The molecule has 0 radical (unpaired) electrons. The first-order valence-electron chi connectivity index (χ1n) is 7.46. The Morgan fingerprint density at radius 2 is 1.25 bits per heavy atom. The molecule has 11 heteroatoms. The van der Waals surface area contributed by atoms with Crippen LogP contribution in [0.15, 0.2) is 0 Å². The highest BCUT2D eigenvalue weighted by molar-refractivity contribution is 4.93. The Hall–Kier alpha value is -0.440. The first-order valence-corrected chi connectivity index (χ1v) is 7.46. The molecular weight excluding hydrogens is 332 g/mol. The number of methoxy groups -OCH3 is 1. The van der Waals surface area contributed by atoms with Gasteiger partial charge in [-0.3, -0.25) is 0 Å². The molecule has 2 aliphatic heterocycles. The molecule has 11 nitrogen and oxygen atoms in total. The van der Waals surface area contributed by atoms with Gasteiger partial charge in [-0.2, -0.15) is 0 Å². The molecule has 7 N–H and O–H groups in total. The van der Waals surface area contributed by atoms with Crippen LogP contribution in [0.1, 0.15) is 0 Å². The van der Waals surface area contributed by atoms with E-state index in [0.717, 1.165) is 0 Å². The van der Waals surface area contributed by atoms with Crippen molar-refractivity contribution < 1.29 is 54.7 Å². The first-order chi connectivity index (χ1) is 11.3. The van der Waals surface area contributed by atoms with Crippen LogP contribution >= 0.6 is 0 Å². The standard InChI is InChI=1S/C13H24O11/c1-21-12-10(20)8(18)11(5(3-15)23-12)24-13-9(19)7(17)6(16)4(2-14)22-13/h4-20H,2-3H2,1H3/t4-,5+,6-,7+,8+,9-,10+,11+,12+,13+/m0/s1. The van der Waals surface area contributed by atoms with Crippen LogP contribution < -0.4 is 0 Å². The minimum atomic E-state index is -1.69. The van der Waals surface area contributed by atoms with Gasteiger partial charge in [0.25, 0.3) is 0 Å². The van der Waals surface area contributed by atoms with Crippen LogP contribution in [-0.4, -0.2) is 117 Å². The van der Waals surface area contributed by atoms with E-state index < -0.39 is 74.6 Å². The van der Waals surface area contributed by atoms with Crippen molar-refractivity contribution in [1.29, 1.82) is 0 Å². The molecule has 10 atom stereocenters. The largest absolute Gasteiger partial charge is 0.394 e. The number of aliphatic hydroxyl groups excluding tert-OH is 7. The van der Waals surface area contributed by atoms with Crippen molar-refractivity contribution in [2.45, 2.75) is 61.4 Å². The zero-order chi connectivity index (χ0) is 18.0. The molecule has 0 amide bonds. The van der Waals surface area contributed by atoms with Crippen molar-refractivity contribution in [2.75, 3.05) is 20.3 Å². The maximum absolute atomic E-state index is 10.2. The van der Waals surface area contributed by atoms with E-state index >= 15 is 0 Å². The zero-order valence-electron chi connectivity index (χ0n) is 13.0. The van der Waals surface area contributed by atoms with Gasteiger partial charge in [0.05, 0.1) is 13.2 Å². The highest BCUT2D eigenvalue weighted by Gasteiger charge is 2.50. The van der Waals surface area contributed by atoms with Crippen LogP contribution in [0.5, 0.6) is 0 Å². The predicted molar refractivity (Wildman–Crippen MR) is 73.4 cm³/mol. The molecule has 0 aromatic heterocycles. The fourth-order valence-electron chi connectivity index (χ4n) is 2.75. The minimum Gasteiger partial charge on any atom is -0.394 e. The van der Waals surface area contributed by atoms with Gasteiger partial charge in [0.15, 0.2) is 12.6 Å². The third-order valence-electron chi connectivity index (χ3n) is 4.19. The Bertz CT molecular complexity index is 392. The van der Waals surface area contributed by atoms with Gasteiger partial charge in [-0.15, -0.1) is 0 Å². The Morgan fingerprint density at radius 1 is 0.708 bits per heavy atom. The lowest BCUT2D eigenvalue weighted by atomic mass is 9.97. The highest BCUT2D eigenvalue weighted by Crippen LogP contribution is 2.29. The molecule has 0 aliphatic carbocycles. The van der Waals surface area contributed by atoms with Gasteiger partial charge in [0.1, 0.15) is 48.8 Å². The van der Waals surface area contributed by atoms with Crippen LogP contribution in [0.25, 0.3) is 0 Å². The second kappa shape index (κ2) is 8.29. The molecule has 2 heterocycles. The van der Waals surface area contributed by atoms with Crippen molar-refractivity contribution >= 4 is 0 Å². The lowest BCUT2D eigenvalue weighted by Gasteiger charge is -2.45. The van der Waals surface area contributed by atoms with Gasteiger partial charge in [0.2, 0.25) is 0 Å². The minimum absolute atomic E-state index is 0.592. The van der Waals surface area contributed by atoms with Crippen molar-refractivity contribution in [3.63, 3.8) is 0 Å². The molecule has 24 heavy (non-hydrogen) atoms. The van der Waals surface area contributed by atoms with Crippen LogP contribution in [0, 0.1) is 0 Å². The Balaban J connectivity index is 2.12. The van der Waals surface area contributed by atoms with Crippen LogP contribution in [0.4, 0.5) is 0 Å². The summed E-state index contributed by atoms with van der Waals surface area (Å²) < 4.78 is 20.6. The van der Waals surface area contributed by atoms with Gasteiger partial charge < -0.3 is 54.7 Å². The van der Waals surface area contributed by atoms with E-state index in [1.54, 1.807) is 0 Å². The maximum Gasteiger partial charge on any atom is 0.187 e. The smallest absolute Gasteiger partial charge is 0.187 e. The van der Waals surface area contributed by atoms with E-state index in [0.29, 0.717) is 0 Å². The van der Waals surface area contributed by atoms with Gasteiger partial charge in [-0.25, -0.2) is 0 Å². The average molecular weight is 356 g/mol. The summed E-state index contributed by atoms with van der Waals surface area (Å²) >= 11 is 0. The number of aliphatic hydroxyl groups is 7. The van der Waals surface area contributed by atoms with Gasteiger partial charge in [-0.05, 0) is 0 Å². The summed E-state index contributed by atoms with van der Waals surface area (Å²) in [5, 5.41) is 68.0. The first kappa shape index (κ1) is 19.9. The lowest BCUT2D eigenvalue weighted by molar-refractivity contribution is -0.357. The van der Waals surface area contributed by atoms with Crippen LogP contribution in [-0.2, 0) is 18.9 Å². The second-order valence-electron chi connectivity index (χ2n) is 5.74. The Labute approximate surface area is 137 Å². The fourth-order valence-corrected chi connectivity index (χ4v) is 2.75. The molecule has 2 fully saturated rings. The monoisotopic (exact) mass is 356 g/mol. The summed E-state index contributed by atoms with van der Waals surface area (Å²) in [7, 11) is 1.24. The summed E-state index contributed by atoms with van der Waals surface area (Å²) in [6.45, 7) is -1.24. The lowest BCUT2D eigenvalue weighted by Crippen LogP contribution is -2.64. The molecular formula is C13H24O11. The molecule has 0 spiro atoms. The summed E-state index contributed by atoms with van der Waals surface area (Å²) in [6.07, 6.45) is -14.3. The molecule has 142 valence electrons. The van der Waals surface area contributed by atoms with E-state index in [9.17, 15) is 30.6 Å². The molecule has 0 unspecified atom stereocenters. The molecule has 2 rings (SSSR count). The quantitative estimate of drug-likeness (QED) is 0.251. The summed E-state index contributed by atoms with van der Waals surface area (Å²) in [6, 6.07) is 0. The van der Waals surface area contributed by atoms with E-state index in [1.165, 1.54) is 7.11 Å². The number of hydrogen-bond donors (Lipinski definition) is 7. The van der Waals surface area contributed by atoms with Crippen molar-refractivity contribution in [3.8, 4) is 0 Å². The number of ether oxygens (including phenoxy) is 4. The zero-order valence-corrected chi connectivity index (χ0v) is 13.0. The van der Waals surface area contributed by atoms with E-state index in [1.807, 2.05) is 0 Å². The third kappa shape index (κ3) is 3.71. The number of rotatable bonds is 5. The molecule has 0 aromatic carbocycles. The predicted octanol–water partition coefficient (Wildman–Crippen LogP) is -4.74. The fraction of sp³-hybridized carbons (Fsp3) is 1.00. The topological polar surface area (TPSA) is 179 Å². The molecule has 2 saturated heterocycles. The SMILES string of the molecule is CO[C@@H]1O[C@H](CO)[C@@H](O[C@H]2O[C@@H](CO)[C@H](O)[C@@H](O)[C@@H]2O)[C@H](O)[C@H]1O. The van der Waals surface area contributed by atoms with Gasteiger partial charge >= 0.3 is 0 Å². The van der Waals surface area contributed by atoms with E-state index in [-0.39, 0.29) is 0 Å². The summed E-state index contributed by atoms with van der Waals surface area (Å²) in [5.41, 5.74) is 0. The third-order valence-corrected chi connectivity index (χ3v) is 4.19. The van der Waals surface area contributed by atoms with Crippen LogP contribution in [0.3, 0.4) is 0 Å². The normalized spacial score (nSPS) is 50.0. The molecule has 2 aliphatic rings. The van der Waals surface area contributed by atoms with Gasteiger partial charge in [-0.1, -0.05) is 0 Å².